The Labute approximate surface area is 487 Å². The van der Waals surface area contributed by atoms with Gasteiger partial charge in [-0.2, -0.15) is 0 Å². The van der Waals surface area contributed by atoms with Crippen LogP contribution in [-0.2, 0) is 0 Å². The molecule has 0 aliphatic heterocycles. The van der Waals surface area contributed by atoms with Crippen molar-refractivity contribution >= 4 is 0 Å². The third-order valence-corrected chi connectivity index (χ3v) is 39.1. The van der Waals surface area contributed by atoms with Gasteiger partial charge in [-0.3, -0.25) is 0 Å². The lowest BCUT2D eigenvalue weighted by Crippen LogP contribution is -2.76. The van der Waals surface area contributed by atoms with Gasteiger partial charge < -0.3 is 0 Å². The van der Waals surface area contributed by atoms with Crippen LogP contribution in [0.2, 0.25) is 0 Å². The Morgan fingerprint density at radius 2 is 0.338 bits per heavy atom. The lowest BCUT2D eigenvalue weighted by Gasteiger charge is -2.83. The van der Waals surface area contributed by atoms with Gasteiger partial charge >= 0.3 is 0 Å². The van der Waals surface area contributed by atoms with Crippen molar-refractivity contribution in [2.75, 3.05) is 0 Å². The molecular formula is C80H114. The van der Waals surface area contributed by atoms with E-state index >= 15 is 0 Å². The largest absolute Gasteiger partial charge is 0.0475 e. The zero-order valence-corrected chi connectivity index (χ0v) is 51.0. The summed E-state index contributed by atoms with van der Waals surface area (Å²) in [4.78, 5) is 0. The Hall–Kier alpha value is 0. The van der Waals surface area contributed by atoms with Gasteiger partial charge in [-0.15, -0.1) is 0 Å². The fourth-order valence-electron chi connectivity index (χ4n) is 43.1. The second-order valence-electron chi connectivity index (χ2n) is 42.3. The van der Waals surface area contributed by atoms with E-state index in [1.165, 1.54) is 0 Å². The first kappa shape index (κ1) is 47.1. The fraction of sp³-hybridized carbons (Fsp3) is 1.00. The molecule has 0 heterocycles. The monoisotopic (exact) mass is 1070 g/mol. The molecule has 0 saturated heterocycles. The van der Waals surface area contributed by atoms with E-state index in [4.69, 9.17) is 0 Å². The van der Waals surface area contributed by atoms with E-state index < -0.39 is 0 Å². The number of hydrogen-bond acceptors (Lipinski definition) is 0. The summed E-state index contributed by atoms with van der Waals surface area (Å²) < 4.78 is 0. The highest BCUT2D eigenvalue weighted by molar-refractivity contribution is 5.31. The van der Waals surface area contributed by atoms with Crippen LogP contribution in [0, 0.1) is 221 Å². The van der Waals surface area contributed by atoms with E-state index in [-0.39, 0.29) is 0 Å². The van der Waals surface area contributed by atoms with Gasteiger partial charge in [-0.25, -0.2) is 0 Å². The molecule has 0 aromatic rings. The van der Waals surface area contributed by atoms with Crippen LogP contribution >= 0.6 is 0 Å². The molecule has 0 radical (unpaired) electrons. The Balaban J connectivity index is 0.705. The summed E-state index contributed by atoms with van der Waals surface area (Å²) in [5, 5.41) is 0. The summed E-state index contributed by atoms with van der Waals surface area (Å²) in [7, 11) is 0. The van der Waals surface area contributed by atoms with Crippen LogP contribution in [0.15, 0.2) is 0 Å². The van der Waals surface area contributed by atoms with Crippen molar-refractivity contribution in [3.8, 4) is 0 Å². The van der Waals surface area contributed by atoms with E-state index in [1.54, 1.807) is 270 Å². The molecule has 32 rings (SSSR count). The normalized spacial score (nSPS) is 72.3. The minimum Gasteiger partial charge on any atom is -0.0475 e. The Bertz CT molecular complexity index is 2520. The molecule has 32 aliphatic rings. The van der Waals surface area contributed by atoms with Crippen molar-refractivity contribution in [3.05, 3.63) is 0 Å². The molecule has 434 valence electrons. The highest BCUT2D eigenvalue weighted by atomic mass is 14.9. The molecule has 32 bridgehead atoms. The van der Waals surface area contributed by atoms with Gasteiger partial charge in [-0.1, -0.05) is 0 Å². The number of rotatable bonds is 7. The molecule has 0 amide bonds. The summed E-state index contributed by atoms with van der Waals surface area (Å²) >= 11 is 0. The van der Waals surface area contributed by atoms with Crippen molar-refractivity contribution < 1.29 is 0 Å². The molecule has 0 spiro atoms. The molecule has 0 aromatic carbocycles. The first-order chi connectivity index (χ1) is 39.0. The maximum Gasteiger partial charge on any atom is -0.0199 e. The zero-order valence-electron chi connectivity index (χ0n) is 51.0. The fourth-order valence-corrected chi connectivity index (χ4v) is 43.1. The average molecular weight is 1080 g/mol. The topological polar surface area (TPSA) is 0 Å². The van der Waals surface area contributed by atoms with Crippen molar-refractivity contribution in [2.45, 2.75) is 270 Å². The molecule has 0 N–H and O–H groups in total. The van der Waals surface area contributed by atoms with Gasteiger partial charge in [0.05, 0.1) is 0 Å². The van der Waals surface area contributed by atoms with Crippen LogP contribution in [0.5, 0.6) is 0 Å². The quantitative estimate of drug-likeness (QED) is 0.238. The molecule has 32 aliphatic carbocycles. The average Bonchev–Trinajstić information content (AvgIpc) is 2.45. The molecule has 18 unspecified atom stereocenters. The van der Waals surface area contributed by atoms with Gasteiger partial charge in [-0.05, 0) is 491 Å². The molecule has 32 saturated carbocycles. The summed E-state index contributed by atoms with van der Waals surface area (Å²) in [6.45, 7) is 0. The molecular weight excluding hydrogens is 961 g/mol. The van der Waals surface area contributed by atoms with Crippen molar-refractivity contribution in [2.24, 2.45) is 221 Å². The first-order valence-electron chi connectivity index (χ1n) is 39.0. The van der Waals surface area contributed by atoms with Crippen LogP contribution in [0.1, 0.15) is 270 Å². The predicted octanol–water partition coefficient (Wildman–Crippen LogP) is 20.1. The second kappa shape index (κ2) is 14.8. The third kappa shape index (κ3) is 5.46. The molecule has 32 fully saturated rings. The minimum absolute atomic E-state index is 0.715. The van der Waals surface area contributed by atoms with Gasteiger partial charge in [0.25, 0.3) is 0 Å². The van der Waals surface area contributed by atoms with Crippen LogP contribution in [0.4, 0.5) is 0 Å². The first-order valence-corrected chi connectivity index (χ1v) is 39.0. The predicted molar refractivity (Wildman–Crippen MR) is 318 cm³/mol. The van der Waals surface area contributed by atoms with E-state index in [0.717, 1.165) is 210 Å². The van der Waals surface area contributed by atoms with Crippen molar-refractivity contribution in [3.63, 3.8) is 0 Å². The summed E-state index contributed by atoms with van der Waals surface area (Å²) in [5.41, 5.74) is 5.91. The summed E-state index contributed by atoms with van der Waals surface area (Å²) in [6, 6.07) is 0. The summed E-state index contributed by atoms with van der Waals surface area (Å²) in [5.74, 6) is 34.1. The highest BCUT2D eigenvalue weighted by Crippen LogP contribution is 2.90. The van der Waals surface area contributed by atoms with Crippen molar-refractivity contribution in [1.29, 1.82) is 0 Å². The summed E-state index contributed by atoms with van der Waals surface area (Å²) in [6.07, 6.45) is 73.0. The highest BCUT2D eigenvalue weighted by Gasteiger charge is 2.83. The van der Waals surface area contributed by atoms with Gasteiger partial charge in [0.2, 0.25) is 0 Å². The van der Waals surface area contributed by atoms with E-state index in [2.05, 4.69) is 0 Å². The molecule has 0 nitrogen and oxygen atoms in total. The lowest BCUT2D eigenvalue weighted by atomic mass is 9.21. The van der Waals surface area contributed by atoms with E-state index in [0.29, 0.717) is 10.8 Å². The van der Waals surface area contributed by atoms with Crippen LogP contribution in [0.25, 0.3) is 0 Å². The van der Waals surface area contributed by atoms with E-state index in [1.807, 2.05) is 0 Å². The van der Waals surface area contributed by atoms with Crippen LogP contribution in [-0.4, -0.2) is 0 Å². The van der Waals surface area contributed by atoms with Crippen LogP contribution in [0.3, 0.4) is 0 Å². The van der Waals surface area contributed by atoms with Crippen molar-refractivity contribution in [1.82, 2.24) is 0 Å². The molecule has 0 aromatic heterocycles. The maximum absolute atomic E-state index is 1.80. The van der Waals surface area contributed by atoms with Gasteiger partial charge in [0, 0.05) is 0 Å². The minimum atomic E-state index is 0.715. The lowest BCUT2D eigenvalue weighted by molar-refractivity contribution is -0.347. The SMILES string of the molecule is C1C2CC3CC1CC(C1C4CC5CC(C4)CC1(C1C4CC6CC(C4)CC1(C1C4CC7CC(C4)CC1(C1C4CC8CC(C4)CC1(C1C4CC9CC(C4)CC1(C1C4CC%10CC(C4)CC1(C14CC%11CC(CC(C%11)C1)C4)C%10)C9)C8)C7)C6)C5)(C2)C3. The molecule has 18 atom stereocenters. The van der Waals surface area contributed by atoms with E-state index in [9.17, 15) is 0 Å². The molecule has 80 heavy (non-hydrogen) atoms. The molecule has 0 heteroatoms. The zero-order chi connectivity index (χ0) is 51.0. The number of hydrogen-bond donors (Lipinski definition) is 0. The van der Waals surface area contributed by atoms with Gasteiger partial charge in [0.15, 0.2) is 0 Å². The van der Waals surface area contributed by atoms with Gasteiger partial charge in [0.1, 0.15) is 0 Å². The Kier molecular flexibility index (Phi) is 8.73. The second-order valence-corrected chi connectivity index (χ2v) is 42.3. The Morgan fingerprint density at radius 1 is 0.150 bits per heavy atom. The third-order valence-electron chi connectivity index (χ3n) is 39.1. The standard InChI is InChI=1S/C80H114/c1-43-2-45-3-44(1)26-73(25-43,27-45)67-61-13-49-7-50(14-61)32-75(67,31-49)68-62-15-51-8-52(16-62)34-76(68,33-51)69-63-17-53-9-54(18-63)36-77(69,35-53)70-64-19-55-10-56(20-64)38-78(70,37-55)71-65-21-57-11-58(22-65)40-79(71,39-57)72-66-23-59-12-60(24-66)42-80(72,41-59)74-28-46-4-47(29-74)6-48(5-46)30-74/h43-72H,1-42H2. The smallest absolute Gasteiger partial charge is 0.0199 e. The van der Waals surface area contributed by atoms with Crippen LogP contribution < -0.4 is 0 Å². The maximum atomic E-state index is 1.80. The Morgan fingerprint density at radius 3 is 0.613 bits per heavy atom.